The van der Waals surface area contributed by atoms with Crippen molar-refractivity contribution >= 4 is 102 Å². The van der Waals surface area contributed by atoms with Gasteiger partial charge in [-0.2, -0.15) is 5.26 Å². The summed E-state index contributed by atoms with van der Waals surface area (Å²) in [6.45, 7) is 15.1. The Morgan fingerprint density at radius 3 is 1.43 bits per heavy atom. The Hall–Kier alpha value is -9.89. The van der Waals surface area contributed by atoms with E-state index in [1.54, 1.807) is 0 Å². The Morgan fingerprint density at radius 2 is 0.961 bits per heavy atom. The van der Waals surface area contributed by atoms with Crippen LogP contribution < -0.4 is 42.0 Å². The van der Waals surface area contributed by atoms with E-state index in [0.717, 1.165) is 76.7 Å². The van der Waals surface area contributed by atoms with E-state index in [2.05, 4.69) is 186 Å². The number of fused-ring (bicyclic) bond motifs is 1. The molecule has 13 rings (SSSR count). The molecule has 9 aromatic carbocycles. The van der Waals surface area contributed by atoms with E-state index in [0.29, 0.717) is 33.6 Å². The highest BCUT2D eigenvalue weighted by atomic mass is 16.5. The van der Waals surface area contributed by atoms with Gasteiger partial charge < -0.3 is 18.4 Å². The van der Waals surface area contributed by atoms with Crippen LogP contribution in [-0.4, -0.2) is 34.4 Å². The zero-order valence-corrected chi connectivity index (χ0v) is 42.0. The minimum absolute atomic E-state index is 0.177. The highest BCUT2D eigenvalue weighted by molar-refractivity contribution is 6.85. The lowest BCUT2D eigenvalue weighted by Crippen LogP contribution is -2.55. The van der Waals surface area contributed by atoms with E-state index < -0.39 is 13.7 Å². The Morgan fingerprint density at radius 1 is 0.513 bits per heavy atom. The fourth-order valence-electron chi connectivity index (χ4n) is 11.6. The number of aromatic nitrogens is 2. The van der Waals surface area contributed by atoms with Crippen LogP contribution >= 0.6 is 0 Å². The van der Waals surface area contributed by atoms with Crippen molar-refractivity contribution in [1.82, 2.24) is 8.96 Å². The minimum atomic E-state index is -0.519. The maximum atomic E-state index is 12.2. The van der Waals surface area contributed by atoms with Crippen LogP contribution in [0.1, 0.15) is 31.0 Å². The summed E-state index contributed by atoms with van der Waals surface area (Å²) in [7, 11) is 0. The third-order valence-corrected chi connectivity index (χ3v) is 14.8. The molecule has 0 saturated heterocycles. The second-order valence-electron chi connectivity index (χ2n) is 19.6. The number of benzene rings is 9. The van der Waals surface area contributed by atoms with Crippen LogP contribution in [0.3, 0.4) is 0 Å². The summed E-state index contributed by atoms with van der Waals surface area (Å²) < 4.78 is 18.6. The average molecular weight is 977 g/mol. The van der Waals surface area contributed by atoms with E-state index in [1.165, 1.54) is 0 Å². The summed E-state index contributed by atoms with van der Waals surface area (Å²) in [5.74, 6) is 1.38. The van der Waals surface area contributed by atoms with Gasteiger partial charge >= 0.3 is 13.7 Å². The average Bonchev–Trinajstić information content (AvgIpc) is 4.16. The molecule has 2 aromatic heterocycles. The van der Waals surface area contributed by atoms with Gasteiger partial charge in [0.05, 0.1) is 34.1 Å². The Bertz CT molecular complexity index is 4200. The van der Waals surface area contributed by atoms with Crippen LogP contribution in [0, 0.1) is 24.8 Å². The van der Waals surface area contributed by atoms with E-state index >= 15 is 0 Å². The first-order valence-electron chi connectivity index (χ1n) is 25.6. The molecule has 4 heterocycles. The van der Waals surface area contributed by atoms with E-state index in [9.17, 15) is 11.8 Å². The molecule has 0 unspecified atom stereocenters. The molecule has 2 aliphatic rings. The summed E-state index contributed by atoms with van der Waals surface area (Å²) in [4.78, 5) is 15.2. The van der Waals surface area contributed by atoms with Crippen molar-refractivity contribution in [3.05, 3.63) is 252 Å². The monoisotopic (exact) mass is 976 g/mol. The van der Waals surface area contributed by atoms with Crippen LogP contribution in [0.25, 0.3) is 59.7 Å². The third kappa shape index (κ3) is 7.45. The predicted molar refractivity (Wildman–Crippen MR) is 312 cm³/mol. The van der Waals surface area contributed by atoms with Crippen molar-refractivity contribution in [1.29, 1.82) is 5.26 Å². The van der Waals surface area contributed by atoms with Crippen molar-refractivity contribution in [2.45, 2.75) is 26.7 Å². The normalized spacial score (nSPS) is 13.3. The highest BCUT2D eigenvalue weighted by Crippen LogP contribution is 2.41. The number of aliphatic imine (C=N–C) groups is 2. The van der Waals surface area contributed by atoms with Crippen LogP contribution in [0.2, 0.25) is 0 Å². The number of aryl methyl sites for hydroxylation is 1. The lowest BCUT2D eigenvalue weighted by Gasteiger charge is -2.26. The maximum Gasteiger partial charge on any atom is 0.327 e. The largest absolute Gasteiger partial charge is 0.448 e. The molecule has 0 radical (unpaired) electrons. The third-order valence-electron chi connectivity index (χ3n) is 14.8. The van der Waals surface area contributed by atoms with Crippen LogP contribution in [-0.2, 0) is 0 Å². The number of hydrogen-bond donors (Lipinski definition) is 0. The topological polar surface area (TPSA) is 81.2 Å². The Balaban J connectivity index is 1.34. The number of rotatable bonds is 10. The molecular weight excluding hydrogens is 930 g/mol. The second-order valence-corrected chi connectivity index (χ2v) is 19.6. The molecule has 10 heteroatoms. The number of nitriles is 1. The van der Waals surface area contributed by atoms with Crippen molar-refractivity contribution in [3.8, 4) is 28.8 Å². The van der Waals surface area contributed by atoms with Crippen molar-refractivity contribution in [2.75, 3.05) is 0 Å². The van der Waals surface area contributed by atoms with Gasteiger partial charge in [-0.1, -0.05) is 230 Å². The summed E-state index contributed by atoms with van der Waals surface area (Å²) in [5, 5.41) is 18.8. The summed E-state index contributed by atoms with van der Waals surface area (Å²) >= 11 is 0. The molecule has 0 amide bonds. The molecule has 76 heavy (non-hydrogen) atoms. The molecule has 0 bridgehead atoms. The number of ether oxygens (including phenoxy) is 2. The van der Waals surface area contributed by atoms with Crippen molar-refractivity contribution in [2.24, 2.45) is 9.98 Å². The number of hydrogen-bond acceptors (Lipinski definition) is 5. The summed E-state index contributed by atoms with van der Waals surface area (Å²) in [6, 6.07) is 77.0. The first-order valence-corrected chi connectivity index (χ1v) is 25.6. The Kier molecular flexibility index (Phi) is 11.4. The zero-order chi connectivity index (χ0) is 51.4. The summed E-state index contributed by atoms with van der Waals surface area (Å²) in [5.41, 5.74) is 9.52. The summed E-state index contributed by atoms with van der Waals surface area (Å²) in [6.07, 6.45) is 0. The molecule has 8 nitrogen and oxygen atoms in total. The van der Waals surface area contributed by atoms with Crippen LogP contribution in [0.5, 0.6) is 11.5 Å². The maximum absolute atomic E-state index is 12.2. The van der Waals surface area contributed by atoms with Gasteiger partial charge in [-0.05, 0) is 53.4 Å². The van der Waals surface area contributed by atoms with Gasteiger partial charge in [0.2, 0.25) is 11.8 Å². The van der Waals surface area contributed by atoms with Gasteiger partial charge in [-0.15, -0.1) is 0 Å². The molecule has 0 spiro atoms. The second kappa shape index (κ2) is 18.9. The molecule has 0 aliphatic carbocycles. The lowest BCUT2D eigenvalue weighted by atomic mass is 9.50. The van der Waals surface area contributed by atoms with E-state index in [1.807, 2.05) is 72.8 Å². The van der Waals surface area contributed by atoms with Gasteiger partial charge in [0.15, 0.2) is 0 Å². The van der Waals surface area contributed by atoms with Gasteiger partial charge in [0, 0.05) is 33.1 Å². The fourth-order valence-corrected chi connectivity index (χ4v) is 11.6. The molecule has 11 aromatic rings. The first-order chi connectivity index (χ1) is 37.4. The Labute approximate surface area is 441 Å². The smallest absolute Gasteiger partial charge is 0.327 e. The number of nitrogens with zero attached hydrogens (tertiary/aromatic N) is 6. The molecule has 2 aliphatic heterocycles. The van der Waals surface area contributed by atoms with E-state index in [4.69, 9.17) is 19.5 Å². The molecule has 0 fully saturated rings. The minimum Gasteiger partial charge on any atom is -0.448 e. The lowest BCUT2D eigenvalue weighted by molar-refractivity contribution is 0.560. The molecule has 358 valence electrons. The first kappa shape index (κ1) is 45.9. The molecule has 0 N–H and O–H groups in total. The SMILES string of the molecule is [C-]#[N+]/C(C1=Nc2cccc3cccc(c23)O1)=c1\c2c(C(C)C)n(B(c3ccccc3)c3ccccc3)/c(=C(/C#N)C3=Nc4cccc5cccc(c45)O3)c2c(-c2ccccc2C)n1B(c1ccccc1)c1ccccc1. The molecule has 0 atom stereocenters. The zero-order valence-electron chi connectivity index (χ0n) is 42.0. The van der Waals surface area contributed by atoms with Crippen molar-refractivity contribution in [3.63, 3.8) is 0 Å². The quantitative estimate of drug-likeness (QED) is 0.101. The van der Waals surface area contributed by atoms with Gasteiger partial charge in [0.25, 0.3) is 5.70 Å². The standard InChI is InChI=1S/C66H46B2N6O2/c1-42(2)61-58-59(63(73(61)67(46-28-9-5-10-29-46)47-30-11-6-12-31-47)51(41-69)65-71-52-37-19-24-44-26-21-39-54(75-65)56(44)52)62(50-36-18-17-23-43(50)3)74(68(48-32-13-7-14-33-48)49-34-15-8-16-35-49)64(58)60(70-4)66-72-53-38-20-25-45-27-22-40-55(76-66)57(45)53/h5-40,42H,1-3H3/b63-51-,64-60+. The predicted octanol–water partition coefficient (Wildman–Crippen LogP) is 11.1. The van der Waals surface area contributed by atoms with Crippen LogP contribution in [0.4, 0.5) is 11.4 Å². The molecular formula is C66H46B2N6O2. The van der Waals surface area contributed by atoms with Gasteiger partial charge in [-0.25, -0.2) is 14.8 Å². The van der Waals surface area contributed by atoms with Gasteiger partial charge in [-0.3, -0.25) is 0 Å². The highest BCUT2D eigenvalue weighted by Gasteiger charge is 2.39. The molecule has 0 saturated carbocycles. The van der Waals surface area contributed by atoms with Crippen LogP contribution in [0.15, 0.2) is 228 Å². The van der Waals surface area contributed by atoms with E-state index in [-0.39, 0.29) is 29.0 Å². The van der Waals surface area contributed by atoms with Gasteiger partial charge in [0.1, 0.15) is 23.1 Å². The van der Waals surface area contributed by atoms with Crippen molar-refractivity contribution < 1.29 is 9.47 Å². The fraction of sp³-hybridized carbons (Fsp3) is 0.0606.